The van der Waals surface area contributed by atoms with Crippen LogP contribution in [0, 0.1) is 17.0 Å². The summed E-state index contributed by atoms with van der Waals surface area (Å²) in [4.78, 5) is 33.7. The molecule has 2 aromatic carbocycles. The van der Waals surface area contributed by atoms with Crippen molar-refractivity contribution >= 4 is 59.7 Å². The number of non-ortho nitro benzene ring substituents is 1. The molecule has 0 saturated carbocycles. The Kier molecular flexibility index (Phi) is 6.07. The molecule has 5 rings (SSSR count). The highest BCUT2D eigenvalue weighted by molar-refractivity contribution is 7.23. The van der Waals surface area contributed by atoms with Crippen molar-refractivity contribution in [1.82, 2.24) is 9.88 Å². The summed E-state index contributed by atoms with van der Waals surface area (Å²) in [6.45, 7) is 6.34. The Morgan fingerprint density at radius 3 is 2.76 bits per heavy atom. The first-order valence-corrected chi connectivity index (χ1v) is 12.3. The van der Waals surface area contributed by atoms with Crippen molar-refractivity contribution in [3.63, 3.8) is 0 Å². The number of rotatable bonds is 6. The smallest absolute Gasteiger partial charge is 0.270 e. The molecule has 1 amide bonds. The van der Waals surface area contributed by atoms with E-state index in [-0.39, 0.29) is 11.6 Å². The number of amides is 1. The van der Waals surface area contributed by atoms with Crippen molar-refractivity contribution in [3.05, 3.63) is 63.0 Å². The lowest BCUT2D eigenvalue weighted by atomic mass is 10.2. The van der Waals surface area contributed by atoms with Crippen molar-refractivity contribution < 1.29 is 14.5 Å². The number of hydrogen-bond acceptors (Lipinski definition) is 8. The Balaban J connectivity index is 1.48. The first kappa shape index (κ1) is 21.9. The van der Waals surface area contributed by atoms with E-state index in [1.54, 1.807) is 17.0 Å². The molecule has 0 N–H and O–H groups in total. The maximum Gasteiger partial charge on any atom is 0.270 e. The molecule has 0 atom stereocenters. The van der Waals surface area contributed by atoms with Gasteiger partial charge in [0.2, 0.25) is 0 Å². The Labute approximate surface area is 198 Å². The minimum absolute atomic E-state index is 0.0185. The van der Waals surface area contributed by atoms with Crippen LogP contribution in [-0.2, 0) is 4.74 Å². The van der Waals surface area contributed by atoms with Gasteiger partial charge in [0.1, 0.15) is 0 Å². The highest BCUT2D eigenvalue weighted by Gasteiger charge is 2.25. The number of carbonyl (C=O) groups is 1. The zero-order valence-electron chi connectivity index (χ0n) is 18.0. The summed E-state index contributed by atoms with van der Waals surface area (Å²) in [7, 11) is 0. The number of aryl methyl sites for hydroxylation is 1. The highest BCUT2D eigenvalue weighted by Crippen LogP contribution is 2.33. The van der Waals surface area contributed by atoms with Crippen LogP contribution in [0.25, 0.3) is 20.3 Å². The molecule has 3 heterocycles. The van der Waals surface area contributed by atoms with Gasteiger partial charge in [-0.25, -0.2) is 4.98 Å². The van der Waals surface area contributed by atoms with Gasteiger partial charge in [0, 0.05) is 48.4 Å². The molecule has 170 valence electrons. The Bertz CT molecular complexity index is 1340. The number of aromatic nitrogens is 1. The van der Waals surface area contributed by atoms with E-state index in [1.165, 1.54) is 34.8 Å². The SMILES string of the molecule is Cc1ccc2nc(N(CCN3CCOCC3)C(=O)c3cc4cc([N+](=O)[O-])ccc4s3)sc2c1. The van der Waals surface area contributed by atoms with Gasteiger partial charge in [-0.2, -0.15) is 0 Å². The van der Waals surface area contributed by atoms with E-state index in [1.807, 2.05) is 19.1 Å². The van der Waals surface area contributed by atoms with Crippen LogP contribution in [0.1, 0.15) is 15.2 Å². The third kappa shape index (κ3) is 4.60. The van der Waals surface area contributed by atoms with E-state index >= 15 is 0 Å². The zero-order chi connectivity index (χ0) is 22.9. The largest absolute Gasteiger partial charge is 0.379 e. The van der Waals surface area contributed by atoms with E-state index in [0.717, 1.165) is 40.1 Å². The van der Waals surface area contributed by atoms with Crippen LogP contribution in [0.5, 0.6) is 0 Å². The summed E-state index contributed by atoms with van der Waals surface area (Å²) in [5.41, 5.74) is 2.04. The number of thiophene rings is 1. The molecule has 0 spiro atoms. The zero-order valence-corrected chi connectivity index (χ0v) is 19.7. The number of nitro benzene ring substituents is 1. The summed E-state index contributed by atoms with van der Waals surface area (Å²) in [6, 6.07) is 12.5. The molecule has 1 saturated heterocycles. The van der Waals surface area contributed by atoms with Crippen molar-refractivity contribution in [1.29, 1.82) is 0 Å². The Morgan fingerprint density at radius 2 is 1.97 bits per heavy atom. The van der Waals surface area contributed by atoms with Crippen molar-refractivity contribution in [2.45, 2.75) is 6.92 Å². The van der Waals surface area contributed by atoms with Crippen LogP contribution in [0.4, 0.5) is 10.8 Å². The van der Waals surface area contributed by atoms with Crippen LogP contribution in [0.3, 0.4) is 0 Å². The number of nitrogens with zero attached hydrogens (tertiary/aromatic N) is 4. The maximum atomic E-state index is 13.7. The lowest BCUT2D eigenvalue weighted by Crippen LogP contribution is -2.43. The van der Waals surface area contributed by atoms with Crippen molar-refractivity contribution in [2.24, 2.45) is 0 Å². The first-order valence-electron chi connectivity index (χ1n) is 10.6. The van der Waals surface area contributed by atoms with Gasteiger partial charge in [-0.1, -0.05) is 17.4 Å². The van der Waals surface area contributed by atoms with Gasteiger partial charge < -0.3 is 4.74 Å². The number of ether oxygens (including phenoxy) is 1. The summed E-state index contributed by atoms with van der Waals surface area (Å²) < 4.78 is 7.33. The number of thiazole rings is 1. The fraction of sp³-hybridized carbons (Fsp3) is 0.304. The third-order valence-electron chi connectivity index (χ3n) is 5.67. The second kappa shape index (κ2) is 9.14. The van der Waals surface area contributed by atoms with E-state index in [2.05, 4.69) is 11.0 Å². The standard InChI is InChI=1S/C23H22N4O4S2/c1-15-2-4-18-20(12-15)33-23(24-18)26(7-6-25-8-10-31-11-9-25)22(28)21-14-16-13-17(27(29)30)3-5-19(16)32-21/h2-5,12-14H,6-11H2,1H3. The average molecular weight is 483 g/mol. The molecule has 1 fully saturated rings. The second-order valence-electron chi connectivity index (χ2n) is 7.97. The van der Waals surface area contributed by atoms with Gasteiger partial charge in [-0.05, 0) is 36.8 Å². The van der Waals surface area contributed by atoms with Gasteiger partial charge in [0.25, 0.3) is 11.6 Å². The summed E-state index contributed by atoms with van der Waals surface area (Å²) in [5, 5.41) is 12.5. The monoisotopic (exact) mass is 482 g/mol. The number of hydrogen-bond donors (Lipinski definition) is 0. The van der Waals surface area contributed by atoms with Crippen LogP contribution in [0.2, 0.25) is 0 Å². The lowest BCUT2D eigenvalue weighted by Gasteiger charge is -2.29. The van der Waals surface area contributed by atoms with Gasteiger partial charge >= 0.3 is 0 Å². The Hall–Kier alpha value is -2.92. The van der Waals surface area contributed by atoms with E-state index in [0.29, 0.717) is 35.2 Å². The molecule has 8 nitrogen and oxygen atoms in total. The second-order valence-corrected chi connectivity index (χ2v) is 10.1. The van der Waals surface area contributed by atoms with Gasteiger partial charge in [-0.15, -0.1) is 11.3 Å². The molecule has 10 heteroatoms. The van der Waals surface area contributed by atoms with Crippen LogP contribution >= 0.6 is 22.7 Å². The minimum Gasteiger partial charge on any atom is -0.379 e. The number of fused-ring (bicyclic) bond motifs is 2. The van der Waals surface area contributed by atoms with E-state index < -0.39 is 4.92 Å². The Morgan fingerprint density at radius 1 is 1.15 bits per heavy atom. The van der Waals surface area contributed by atoms with E-state index in [9.17, 15) is 14.9 Å². The molecule has 0 unspecified atom stereocenters. The predicted octanol–water partition coefficient (Wildman–Crippen LogP) is 4.71. The predicted molar refractivity (Wildman–Crippen MR) is 132 cm³/mol. The lowest BCUT2D eigenvalue weighted by molar-refractivity contribution is -0.384. The fourth-order valence-electron chi connectivity index (χ4n) is 3.87. The molecule has 2 aromatic heterocycles. The summed E-state index contributed by atoms with van der Waals surface area (Å²) in [6.07, 6.45) is 0. The molecular formula is C23H22N4O4S2. The molecule has 4 aromatic rings. The quantitative estimate of drug-likeness (QED) is 0.292. The van der Waals surface area contributed by atoms with Crippen LogP contribution < -0.4 is 4.90 Å². The molecule has 0 aliphatic carbocycles. The maximum absolute atomic E-state index is 13.7. The van der Waals surface area contributed by atoms with Crippen LogP contribution in [-0.4, -0.2) is 60.1 Å². The number of morpholine rings is 1. The van der Waals surface area contributed by atoms with E-state index in [4.69, 9.17) is 9.72 Å². The average Bonchev–Trinajstić information content (AvgIpc) is 3.43. The number of anilines is 1. The molecule has 0 bridgehead atoms. The van der Waals surface area contributed by atoms with Crippen molar-refractivity contribution in [2.75, 3.05) is 44.3 Å². The molecule has 0 radical (unpaired) electrons. The van der Waals surface area contributed by atoms with Crippen molar-refractivity contribution in [3.8, 4) is 0 Å². The van der Waals surface area contributed by atoms with Gasteiger partial charge in [-0.3, -0.25) is 24.7 Å². The first-order chi connectivity index (χ1) is 16.0. The highest BCUT2D eigenvalue weighted by atomic mass is 32.1. The minimum atomic E-state index is -0.420. The van der Waals surface area contributed by atoms with Gasteiger partial charge in [0.05, 0.1) is 33.2 Å². The number of carbonyl (C=O) groups excluding carboxylic acids is 1. The molecule has 1 aliphatic heterocycles. The summed E-state index contributed by atoms with van der Waals surface area (Å²) >= 11 is 2.86. The fourth-order valence-corrected chi connectivity index (χ4v) is 5.95. The number of benzene rings is 2. The number of nitro groups is 1. The topological polar surface area (TPSA) is 88.8 Å². The normalized spacial score (nSPS) is 14.7. The molecule has 33 heavy (non-hydrogen) atoms. The third-order valence-corrected chi connectivity index (χ3v) is 7.82. The van der Waals surface area contributed by atoms with Crippen LogP contribution in [0.15, 0.2) is 42.5 Å². The van der Waals surface area contributed by atoms with Gasteiger partial charge in [0.15, 0.2) is 5.13 Å². The summed E-state index contributed by atoms with van der Waals surface area (Å²) in [5.74, 6) is -0.136. The molecular weight excluding hydrogens is 460 g/mol. The molecule has 1 aliphatic rings.